The molecule has 0 radical (unpaired) electrons. The third kappa shape index (κ3) is 3.89. The highest BCUT2D eigenvalue weighted by atomic mass is 16.4. The minimum absolute atomic E-state index is 0.262. The molecule has 1 fully saturated rings. The van der Waals surface area contributed by atoms with Crippen LogP contribution in [0.2, 0.25) is 0 Å². The fourth-order valence-electron chi connectivity index (χ4n) is 1.93. The largest absolute Gasteiger partial charge is 0.480 e. The summed E-state index contributed by atoms with van der Waals surface area (Å²) in [6.07, 6.45) is 3.34. The van der Waals surface area contributed by atoms with Crippen molar-refractivity contribution in [3.8, 4) is 0 Å². The Labute approximate surface area is 108 Å². The van der Waals surface area contributed by atoms with Crippen molar-refractivity contribution >= 4 is 12.0 Å². The van der Waals surface area contributed by atoms with Gasteiger partial charge < -0.3 is 15.7 Å². The van der Waals surface area contributed by atoms with E-state index in [1.165, 1.54) is 0 Å². The number of hydrogen-bond donors (Lipinski definition) is 3. The minimum atomic E-state index is -1.01. The van der Waals surface area contributed by atoms with Crippen LogP contribution >= 0.6 is 0 Å². The Balaban J connectivity index is 2.45. The zero-order chi connectivity index (χ0) is 14.0. The molecule has 5 heteroatoms. The van der Waals surface area contributed by atoms with Gasteiger partial charge in [-0.25, -0.2) is 9.59 Å². The number of hydrogen-bond acceptors (Lipinski definition) is 2. The first-order valence-electron chi connectivity index (χ1n) is 6.47. The van der Waals surface area contributed by atoms with Crippen molar-refractivity contribution in [1.82, 2.24) is 10.6 Å². The summed E-state index contributed by atoms with van der Waals surface area (Å²) in [5, 5.41) is 14.4. The Morgan fingerprint density at radius 3 is 2.22 bits per heavy atom. The zero-order valence-corrected chi connectivity index (χ0v) is 11.7. The average molecular weight is 256 g/mol. The van der Waals surface area contributed by atoms with Gasteiger partial charge in [-0.3, -0.25) is 0 Å². The molecule has 0 spiro atoms. The van der Waals surface area contributed by atoms with Gasteiger partial charge in [-0.05, 0) is 30.1 Å². The third-order valence-electron chi connectivity index (χ3n) is 3.72. The second-order valence-electron chi connectivity index (χ2n) is 6.32. The van der Waals surface area contributed by atoms with Crippen LogP contribution in [-0.2, 0) is 4.79 Å². The maximum absolute atomic E-state index is 11.7. The zero-order valence-electron chi connectivity index (χ0n) is 11.7. The molecule has 0 bridgehead atoms. The minimum Gasteiger partial charge on any atom is -0.480 e. The lowest BCUT2D eigenvalue weighted by Crippen LogP contribution is -2.52. The summed E-state index contributed by atoms with van der Waals surface area (Å²) in [5.41, 5.74) is -0.247. The molecular weight excluding hydrogens is 232 g/mol. The van der Waals surface area contributed by atoms with Crippen LogP contribution in [0.15, 0.2) is 0 Å². The quantitative estimate of drug-likeness (QED) is 0.703. The number of amides is 2. The van der Waals surface area contributed by atoms with Crippen molar-refractivity contribution < 1.29 is 14.7 Å². The van der Waals surface area contributed by atoms with Crippen molar-refractivity contribution in [3.05, 3.63) is 0 Å². The van der Waals surface area contributed by atoms with Crippen LogP contribution in [0.25, 0.3) is 0 Å². The van der Waals surface area contributed by atoms with Crippen LogP contribution in [0.3, 0.4) is 0 Å². The lowest BCUT2D eigenvalue weighted by Gasteiger charge is -2.28. The summed E-state index contributed by atoms with van der Waals surface area (Å²) in [7, 11) is 0. The van der Waals surface area contributed by atoms with Crippen LogP contribution in [0.1, 0.15) is 47.0 Å². The molecule has 1 atom stereocenters. The fourth-order valence-corrected chi connectivity index (χ4v) is 1.93. The van der Waals surface area contributed by atoms with Crippen LogP contribution in [0, 0.1) is 10.8 Å². The summed E-state index contributed by atoms with van der Waals surface area (Å²) in [5.74, 6) is -1.01. The van der Waals surface area contributed by atoms with Gasteiger partial charge in [0.25, 0.3) is 0 Å². The van der Waals surface area contributed by atoms with E-state index in [1.54, 1.807) is 20.8 Å². The van der Waals surface area contributed by atoms with E-state index in [4.69, 9.17) is 5.11 Å². The molecule has 3 N–H and O–H groups in total. The predicted octanol–water partition coefficient (Wildman–Crippen LogP) is 1.98. The molecule has 1 aliphatic carbocycles. The highest BCUT2D eigenvalue weighted by Crippen LogP contribution is 2.47. The molecule has 104 valence electrons. The van der Waals surface area contributed by atoms with Gasteiger partial charge in [0, 0.05) is 6.54 Å². The molecule has 18 heavy (non-hydrogen) atoms. The SMILES string of the molecule is CCC1(CNC(=O)N[C@@H](C(=O)O)C(C)(C)C)CC1. The summed E-state index contributed by atoms with van der Waals surface area (Å²) in [6, 6.07) is -1.27. The van der Waals surface area contributed by atoms with Crippen molar-refractivity contribution in [2.24, 2.45) is 10.8 Å². The Hall–Kier alpha value is -1.26. The maximum Gasteiger partial charge on any atom is 0.326 e. The van der Waals surface area contributed by atoms with Crippen LogP contribution < -0.4 is 10.6 Å². The number of carboxylic acid groups (broad SMARTS) is 1. The van der Waals surface area contributed by atoms with E-state index < -0.39 is 23.5 Å². The molecule has 0 aromatic rings. The van der Waals surface area contributed by atoms with Crippen molar-refractivity contribution in [1.29, 1.82) is 0 Å². The van der Waals surface area contributed by atoms with E-state index in [1.807, 2.05) is 0 Å². The standard InChI is InChI=1S/C13H24N2O3/c1-5-13(6-7-13)8-14-11(18)15-9(10(16)17)12(2,3)4/h9H,5-8H2,1-4H3,(H,16,17)(H2,14,15,18)/t9-/m0/s1. The number of nitrogens with one attached hydrogen (secondary N) is 2. The summed E-state index contributed by atoms with van der Waals surface area (Å²) in [6.45, 7) is 8.12. The smallest absolute Gasteiger partial charge is 0.326 e. The van der Waals surface area contributed by atoms with E-state index in [0.29, 0.717) is 6.54 Å². The molecule has 1 rings (SSSR count). The number of carboxylic acids is 1. The van der Waals surface area contributed by atoms with Gasteiger partial charge >= 0.3 is 12.0 Å². The van der Waals surface area contributed by atoms with Crippen molar-refractivity contribution in [2.75, 3.05) is 6.54 Å². The first-order chi connectivity index (χ1) is 8.20. The maximum atomic E-state index is 11.7. The second kappa shape index (κ2) is 5.16. The van der Waals surface area contributed by atoms with E-state index >= 15 is 0 Å². The van der Waals surface area contributed by atoms with Crippen LogP contribution in [-0.4, -0.2) is 29.7 Å². The van der Waals surface area contributed by atoms with Crippen molar-refractivity contribution in [2.45, 2.75) is 53.0 Å². The molecule has 0 aliphatic heterocycles. The second-order valence-corrected chi connectivity index (χ2v) is 6.32. The number of urea groups is 1. The lowest BCUT2D eigenvalue weighted by molar-refractivity contribution is -0.141. The third-order valence-corrected chi connectivity index (χ3v) is 3.72. The van der Waals surface area contributed by atoms with Gasteiger partial charge in [0.15, 0.2) is 0 Å². The molecule has 1 aliphatic rings. The molecule has 0 heterocycles. The number of rotatable bonds is 5. The van der Waals surface area contributed by atoms with E-state index in [-0.39, 0.29) is 5.41 Å². The first-order valence-corrected chi connectivity index (χ1v) is 6.47. The van der Waals surface area contributed by atoms with E-state index in [0.717, 1.165) is 19.3 Å². The summed E-state index contributed by atoms with van der Waals surface area (Å²) < 4.78 is 0. The van der Waals surface area contributed by atoms with E-state index in [2.05, 4.69) is 17.6 Å². The molecule has 2 amide bonds. The van der Waals surface area contributed by atoms with Gasteiger partial charge in [0.2, 0.25) is 0 Å². The Kier molecular flexibility index (Phi) is 4.24. The number of carbonyl (C=O) groups excluding carboxylic acids is 1. The monoisotopic (exact) mass is 256 g/mol. The molecule has 0 saturated heterocycles. The van der Waals surface area contributed by atoms with Crippen LogP contribution in [0.4, 0.5) is 4.79 Å². The number of carbonyl (C=O) groups is 2. The molecular formula is C13H24N2O3. The average Bonchev–Trinajstić information content (AvgIpc) is 3.02. The Bertz CT molecular complexity index is 330. The first kappa shape index (κ1) is 14.8. The predicted molar refractivity (Wildman–Crippen MR) is 69.4 cm³/mol. The molecule has 0 aromatic heterocycles. The fraction of sp³-hybridized carbons (Fsp3) is 0.846. The molecule has 5 nitrogen and oxygen atoms in total. The van der Waals surface area contributed by atoms with Gasteiger partial charge in [-0.1, -0.05) is 27.7 Å². The van der Waals surface area contributed by atoms with Gasteiger partial charge in [-0.2, -0.15) is 0 Å². The Morgan fingerprint density at radius 1 is 1.33 bits per heavy atom. The normalized spacial score (nSPS) is 18.9. The summed E-state index contributed by atoms with van der Waals surface area (Å²) in [4.78, 5) is 22.8. The van der Waals surface area contributed by atoms with Gasteiger partial charge in [0.1, 0.15) is 6.04 Å². The summed E-state index contributed by atoms with van der Waals surface area (Å²) >= 11 is 0. The lowest BCUT2D eigenvalue weighted by atomic mass is 9.87. The van der Waals surface area contributed by atoms with Crippen molar-refractivity contribution in [3.63, 3.8) is 0 Å². The van der Waals surface area contributed by atoms with Gasteiger partial charge in [-0.15, -0.1) is 0 Å². The Morgan fingerprint density at radius 2 is 1.89 bits per heavy atom. The van der Waals surface area contributed by atoms with Crippen LogP contribution in [0.5, 0.6) is 0 Å². The topological polar surface area (TPSA) is 78.4 Å². The van der Waals surface area contributed by atoms with E-state index in [9.17, 15) is 9.59 Å². The highest BCUT2D eigenvalue weighted by Gasteiger charge is 2.41. The molecule has 1 saturated carbocycles. The molecule has 0 aromatic carbocycles. The highest BCUT2D eigenvalue weighted by molar-refractivity contribution is 5.83. The molecule has 0 unspecified atom stereocenters. The number of aliphatic carboxylic acids is 1. The van der Waals surface area contributed by atoms with Gasteiger partial charge in [0.05, 0.1) is 0 Å².